The first-order valence-corrected chi connectivity index (χ1v) is 6.43. The lowest BCUT2D eigenvalue weighted by Gasteiger charge is -2.10. The number of aromatic nitrogens is 2. The van der Waals surface area contributed by atoms with E-state index in [0.717, 1.165) is 29.3 Å². The monoisotopic (exact) mass is 257 g/mol. The molecule has 0 aliphatic heterocycles. The van der Waals surface area contributed by atoms with Crippen molar-refractivity contribution in [1.29, 1.82) is 0 Å². The van der Waals surface area contributed by atoms with Gasteiger partial charge >= 0.3 is 0 Å². The van der Waals surface area contributed by atoms with Gasteiger partial charge in [-0.2, -0.15) is 0 Å². The van der Waals surface area contributed by atoms with Crippen molar-refractivity contribution >= 4 is 5.82 Å². The molecular weight excluding hydrogens is 238 g/mol. The van der Waals surface area contributed by atoms with E-state index in [1.165, 1.54) is 0 Å². The molecule has 19 heavy (non-hydrogen) atoms. The van der Waals surface area contributed by atoms with Crippen LogP contribution in [-0.2, 0) is 0 Å². The first kappa shape index (κ1) is 13.3. The molecule has 4 heteroatoms. The molecule has 0 saturated heterocycles. The van der Waals surface area contributed by atoms with E-state index in [0.29, 0.717) is 11.7 Å². The smallest absolute Gasteiger partial charge is 0.134 e. The van der Waals surface area contributed by atoms with Crippen molar-refractivity contribution in [2.24, 2.45) is 0 Å². The van der Waals surface area contributed by atoms with Crippen LogP contribution in [0.1, 0.15) is 32.0 Å². The molecule has 0 radical (unpaired) electrons. The predicted molar refractivity (Wildman–Crippen MR) is 77.1 cm³/mol. The summed E-state index contributed by atoms with van der Waals surface area (Å²) in [6.07, 6.45) is 0.992. The molecule has 0 saturated carbocycles. The minimum Gasteiger partial charge on any atom is -0.497 e. The van der Waals surface area contributed by atoms with Crippen molar-refractivity contribution in [2.75, 3.05) is 12.8 Å². The first-order valence-electron chi connectivity index (χ1n) is 6.43. The number of ether oxygens (including phenoxy) is 1. The Morgan fingerprint density at radius 2 is 1.89 bits per heavy atom. The summed E-state index contributed by atoms with van der Waals surface area (Å²) in [5.41, 5.74) is 7.74. The highest BCUT2D eigenvalue weighted by Gasteiger charge is 2.10. The molecule has 0 fully saturated rings. The van der Waals surface area contributed by atoms with E-state index in [-0.39, 0.29) is 0 Å². The summed E-state index contributed by atoms with van der Waals surface area (Å²) < 4.78 is 5.15. The molecule has 0 bridgehead atoms. The number of hydrogen-bond donors (Lipinski definition) is 1. The summed E-state index contributed by atoms with van der Waals surface area (Å²) in [7, 11) is 1.65. The summed E-state index contributed by atoms with van der Waals surface area (Å²) in [5.74, 6) is 2.44. The average Bonchev–Trinajstić information content (AvgIpc) is 2.45. The summed E-state index contributed by atoms with van der Waals surface area (Å²) in [4.78, 5) is 8.90. The fraction of sp³-hybridized carbons (Fsp3) is 0.333. The normalized spacial score (nSPS) is 12.2. The van der Waals surface area contributed by atoms with E-state index < -0.39 is 0 Å². The minimum atomic E-state index is 0.306. The Labute approximate surface area is 113 Å². The lowest BCUT2D eigenvalue weighted by molar-refractivity contribution is 0.415. The zero-order chi connectivity index (χ0) is 13.8. The van der Waals surface area contributed by atoms with E-state index in [1.807, 2.05) is 24.3 Å². The summed E-state index contributed by atoms with van der Waals surface area (Å²) in [6, 6.07) is 9.57. The van der Waals surface area contributed by atoms with Crippen molar-refractivity contribution in [1.82, 2.24) is 9.97 Å². The average molecular weight is 257 g/mol. The third-order valence-corrected chi connectivity index (χ3v) is 3.20. The van der Waals surface area contributed by atoms with Crippen LogP contribution in [0.3, 0.4) is 0 Å². The molecule has 1 aromatic carbocycles. The zero-order valence-corrected chi connectivity index (χ0v) is 11.6. The van der Waals surface area contributed by atoms with Crippen molar-refractivity contribution in [2.45, 2.75) is 26.2 Å². The van der Waals surface area contributed by atoms with Gasteiger partial charge in [-0.3, -0.25) is 0 Å². The first-order chi connectivity index (χ1) is 9.13. The van der Waals surface area contributed by atoms with Crippen LogP contribution in [0.4, 0.5) is 5.82 Å². The van der Waals surface area contributed by atoms with Crippen LogP contribution in [0.2, 0.25) is 0 Å². The maximum atomic E-state index is 5.87. The van der Waals surface area contributed by atoms with Gasteiger partial charge in [0.25, 0.3) is 0 Å². The highest BCUT2D eigenvalue weighted by Crippen LogP contribution is 2.24. The Balaban J connectivity index is 2.40. The van der Waals surface area contributed by atoms with Gasteiger partial charge in [0.05, 0.1) is 12.8 Å². The van der Waals surface area contributed by atoms with Gasteiger partial charge in [-0.1, -0.05) is 13.8 Å². The predicted octanol–water partition coefficient (Wildman–Crippen LogP) is 3.25. The Morgan fingerprint density at radius 1 is 1.21 bits per heavy atom. The van der Waals surface area contributed by atoms with Crippen molar-refractivity contribution in [3.8, 4) is 17.0 Å². The highest BCUT2D eigenvalue weighted by atomic mass is 16.5. The van der Waals surface area contributed by atoms with E-state index in [4.69, 9.17) is 10.5 Å². The number of nitrogens with zero attached hydrogens (tertiary/aromatic N) is 2. The molecule has 2 N–H and O–H groups in total. The molecule has 1 unspecified atom stereocenters. The second-order valence-corrected chi connectivity index (χ2v) is 4.57. The zero-order valence-electron chi connectivity index (χ0n) is 11.6. The summed E-state index contributed by atoms with van der Waals surface area (Å²) in [5, 5.41) is 0. The van der Waals surface area contributed by atoms with Crippen LogP contribution in [0.25, 0.3) is 11.3 Å². The number of hydrogen-bond acceptors (Lipinski definition) is 4. The van der Waals surface area contributed by atoms with E-state index >= 15 is 0 Å². The number of methoxy groups -OCH3 is 1. The third-order valence-electron chi connectivity index (χ3n) is 3.20. The van der Waals surface area contributed by atoms with E-state index in [9.17, 15) is 0 Å². The van der Waals surface area contributed by atoms with Crippen molar-refractivity contribution in [3.05, 3.63) is 36.2 Å². The molecule has 1 aromatic heterocycles. The number of nitrogens with two attached hydrogens (primary N) is 1. The molecule has 0 amide bonds. The lowest BCUT2D eigenvalue weighted by Crippen LogP contribution is -2.04. The topological polar surface area (TPSA) is 61.0 Å². The van der Waals surface area contributed by atoms with E-state index in [1.54, 1.807) is 13.2 Å². The Bertz CT molecular complexity index is 552. The quantitative estimate of drug-likeness (QED) is 0.913. The maximum Gasteiger partial charge on any atom is 0.134 e. The fourth-order valence-corrected chi connectivity index (χ4v) is 1.80. The number of rotatable bonds is 4. The Hall–Kier alpha value is -2.10. The van der Waals surface area contributed by atoms with Crippen molar-refractivity contribution < 1.29 is 4.74 Å². The SMILES string of the molecule is CCC(C)c1nc(N)cc(-c2ccc(OC)cc2)n1. The molecule has 2 aromatic rings. The van der Waals surface area contributed by atoms with Crippen LogP contribution in [-0.4, -0.2) is 17.1 Å². The van der Waals surface area contributed by atoms with Crippen LogP contribution < -0.4 is 10.5 Å². The molecule has 100 valence electrons. The molecule has 0 aliphatic rings. The minimum absolute atomic E-state index is 0.306. The highest BCUT2D eigenvalue weighted by molar-refractivity contribution is 5.62. The lowest BCUT2D eigenvalue weighted by atomic mass is 10.1. The fourth-order valence-electron chi connectivity index (χ4n) is 1.80. The van der Waals surface area contributed by atoms with E-state index in [2.05, 4.69) is 23.8 Å². The van der Waals surface area contributed by atoms with Gasteiger partial charge in [0.15, 0.2) is 0 Å². The number of nitrogen functional groups attached to an aromatic ring is 1. The van der Waals surface area contributed by atoms with Gasteiger partial charge in [0, 0.05) is 17.5 Å². The van der Waals surface area contributed by atoms with Crippen LogP contribution >= 0.6 is 0 Å². The third kappa shape index (κ3) is 3.02. The number of anilines is 1. The molecule has 4 nitrogen and oxygen atoms in total. The second-order valence-electron chi connectivity index (χ2n) is 4.57. The molecular formula is C15H19N3O. The molecule has 0 spiro atoms. The summed E-state index contributed by atoms with van der Waals surface area (Å²) >= 11 is 0. The van der Waals surface area contributed by atoms with Gasteiger partial charge < -0.3 is 10.5 Å². The maximum absolute atomic E-state index is 5.87. The standard InChI is InChI=1S/C15H19N3O/c1-4-10(2)15-17-13(9-14(16)18-15)11-5-7-12(19-3)8-6-11/h5-10H,4H2,1-3H3,(H2,16,17,18). The molecule has 1 heterocycles. The second kappa shape index (κ2) is 5.69. The van der Waals surface area contributed by atoms with Crippen LogP contribution in [0.15, 0.2) is 30.3 Å². The van der Waals surface area contributed by atoms with Gasteiger partial charge in [-0.05, 0) is 30.7 Å². The Kier molecular flexibility index (Phi) is 4.00. The Morgan fingerprint density at radius 3 is 2.47 bits per heavy atom. The molecule has 0 aliphatic carbocycles. The molecule has 1 atom stereocenters. The van der Waals surface area contributed by atoms with Gasteiger partial charge in [0.2, 0.25) is 0 Å². The van der Waals surface area contributed by atoms with Crippen LogP contribution in [0, 0.1) is 0 Å². The largest absolute Gasteiger partial charge is 0.497 e. The van der Waals surface area contributed by atoms with Gasteiger partial charge in [0.1, 0.15) is 17.4 Å². The van der Waals surface area contributed by atoms with Gasteiger partial charge in [-0.25, -0.2) is 9.97 Å². The van der Waals surface area contributed by atoms with Gasteiger partial charge in [-0.15, -0.1) is 0 Å². The molecule has 2 rings (SSSR count). The van der Waals surface area contributed by atoms with Crippen LogP contribution in [0.5, 0.6) is 5.75 Å². The summed E-state index contributed by atoms with van der Waals surface area (Å²) in [6.45, 7) is 4.22. The van der Waals surface area contributed by atoms with Crippen molar-refractivity contribution in [3.63, 3.8) is 0 Å². The number of benzene rings is 1.